The molecular weight excluding hydrogens is 469 g/mol. The maximum atomic E-state index is 14.6. The largest absolute Gasteiger partial charge is 0.336 e. The third-order valence-electron chi connectivity index (χ3n) is 6.27. The van der Waals surface area contributed by atoms with E-state index in [1.165, 1.54) is 18.5 Å². The molecule has 6 rings (SSSR count). The van der Waals surface area contributed by atoms with E-state index in [1.807, 2.05) is 49.3 Å². The van der Waals surface area contributed by atoms with Crippen molar-refractivity contribution in [2.75, 3.05) is 20.6 Å². The number of nitrogens with zero attached hydrogens (tertiary/aromatic N) is 6. The number of aromatic nitrogens is 7. The molecule has 0 saturated carbocycles. The maximum absolute atomic E-state index is 14.6. The van der Waals surface area contributed by atoms with Crippen LogP contribution in [0.25, 0.3) is 55.8 Å². The Morgan fingerprint density at radius 1 is 0.946 bits per heavy atom. The van der Waals surface area contributed by atoms with Crippen molar-refractivity contribution < 1.29 is 4.39 Å². The molecule has 0 aliphatic carbocycles. The van der Waals surface area contributed by atoms with Crippen LogP contribution in [0.15, 0.2) is 67.4 Å². The van der Waals surface area contributed by atoms with E-state index >= 15 is 0 Å². The SMILES string of the molecule is CN(C)CC(N)c1cc(F)cc(-c2nccc3[nH]c(-c4n[nH]c5ccc(-c6cncnc6)cc45)nc23)c1. The molecule has 0 saturated heterocycles. The van der Waals surface area contributed by atoms with Crippen molar-refractivity contribution >= 4 is 21.9 Å². The number of imidazole rings is 1. The van der Waals surface area contributed by atoms with Crippen molar-refractivity contribution in [2.45, 2.75) is 6.04 Å². The van der Waals surface area contributed by atoms with Crippen LogP contribution in [0.3, 0.4) is 0 Å². The molecule has 0 bridgehead atoms. The van der Waals surface area contributed by atoms with Gasteiger partial charge in [0.15, 0.2) is 5.82 Å². The van der Waals surface area contributed by atoms with Crippen LogP contribution < -0.4 is 5.73 Å². The average Bonchev–Trinajstić information content (AvgIpc) is 3.52. The van der Waals surface area contributed by atoms with E-state index in [-0.39, 0.29) is 11.9 Å². The average molecular weight is 494 g/mol. The highest BCUT2D eigenvalue weighted by Gasteiger charge is 2.18. The monoisotopic (exact) mass is 493 g/mol. The first-order valence-electron chi connectivity index (χ1n) is 11.8. The van der Waals surface area contributed by atoms with Gasteiger partial charge in [-0.2, -0.15) is 5.10 Å². The molecule has 184 valence electrons. The zero-order valence-electron chi connectivity index (χ0n) is 20.3. The minimum atomic E-state index is -0.369. The predicted octanol–water partition coefficient (Wildman–Crippen LogP) is 4.33. The number of nitrogens with two attached hydrogens (primary N) is 1. The number of pyridine rings is 1. The van der Waals surface area contributed by atoms with Crippen LogP contribution in [-0.4, -0.2) is 60.7 Å². The molecule has 37 heavy (non-hydrogen) atoms. The van der Waals surface area contributed by atoms with E-state index in [2.05, 4.69) is 30.1 Å². The number of aromatic amines is 2. The van der Waals surface area contributed by atoms with Crippen LogP contribution in [0.1, 0.15) is 11.6 Å². The quantitative estimate of drug-likeness (QED) is 0.315. The van der Waals surface area contributed by atoms with E-state index < -0.39 is 0 Å². The summed E-state index contributed by atoms with van der Waals surface area (Å²) < 4.78 is 14.6. The Kier molecular flexibility index (Phi) is 5.67. The molecule has 4 N–H and O–H groups in total. The second kappa shape index (κ2) is 9.16. The summed E-state index contributed by atoms with van der Waals surface area (Å²) >= 11 is 0. The molecule has 9 nitrogen and oxygen atoms in total. The lowest BCUT2D eigenvalue weighted by atomic mass is 10.0. The van der Waals surface area contributed by atoms with Gasteiger partial charge in [0.05, 0.1) is 16.7 Å². The minimum absolute atomic E-state index is 0.335. The lowest BCUT2D eigenvalue weighted by Crippen LogP contribution is -2.26. The highest BCUT2D eigenvalue weighted by molar-refractivity contribution is 5.97. The predicted molar refractivity (Wildman–Crippen MR) is 141 cm³/mol. The Labute approximate surface area is 211 Å². The number of hydrogen-bond donors (Lipinski definition) is 3. The number of hydrogen-bond acceptors (Lipinski definition) is 7. The molecule has 0 spiro atoms. The van der Waals surface area contributed by atoms with Crippen molar-refractivity contribution in [3.05, 3.63) is 78.8 Å². The third kappa shape index (κ3) is 4.32. The molecule has 4 aromatic heterocycles. The first-order chi connectivity index (χ1) is 18.0. The van der Waals surface area contributed by atoms with E-state index in [9.17, 15) is 4.39 Å². The van der Waals surface area contributed by atoms with E-state index in [1.54, 1.807) is 18.6 Å². The molecular formula is C27H24FN9. The highest BCUT2D eigenvalue weighted by atomic mass is 19.1. The Morgan fingerprint density at radius 3 is 2.59 bits per heavy atom. The molecule has 0 aliphatic rings. The van der Waals surface area contributed by atoms with Crippen LogP contribution in [0.5, 0.6) is 0 Å². The molecule has 4 heterocycles. The van der Waals surface area contributed by atoms with Gasteiger partial charge in [0, 0.05) is 47.7 Å². The smallest absolute Gasteiger partial charge is 0.159 e. The first-order valence-corrected chi connectivity index (χ1v) is 11.8. The number of benzene rings is 2. The first kappa shape index (κ1) is 22.9. The molecule has 1 unspecified atom stereocenters. The fraction of sp³-hybridized carbons (Fsp3) is 0.148. The van der Waals surface area contributed by atoms with E-state index in [4.69, 9.17) is 10.7 Å². The summed E-state index contributed by atoms with van der Waals surface area (Å²) in [6.07, 6.45) is 6.72. The summed E-state index contributed by atoms with van der Waals surface area (Å²) in [6.45, 7) is 0.594. The standard InChI is InChI=1S/C27H24FN9/c1-37(2)13-21(29)16-7-17(9-19(28)8-16)24-26-23(5-6-32-24)33-27(34-26)25-20-10-15(3-4-22(20)35-36-25)18-11-30-14-31-12-18/h3-12,14,21H,13,29H2,1-2H3,(H,33,34)(H,35,36). The molecule has 1 atom stereocenters. The van der Waals surface area contributed by atoms with Crippen molar-refractivity contribution in [2.24, 2.45) is 5.73 Å². The van der Waals surface area contributed by atoms with Crippen LogP contribution >= 0.6 is 0 Å². The van der Waals surface area contributed by atoms with E-state index in [0.29, 0.717) is 40.4 Å². The topological polar surface area (TPSA) is 125 Å². The number of H-pyrrole nitrogens is 2. The number of nitrogens with one attached hydrogen (secondary N) is 2. The minimum Gasteiger partial charge on any atom is -0.336 e. The van der Waals surface area contributed by atoms with Gasteiger partial charge in [-0.25, -0.2) is 19.3 Å². The van der Waals surface area contributed by atoms with Gasteiger partial charge in [0.2, 0.25) is 0 Å². The van der Waals surface area contributed by atoms with Crippen molar-refractivity contribution in [3.63, 3.8) is 0 Å². The number of fused-ring (bicyclic) bond motifs is 2. The Bertz CT molecular complexity index is 1720. The molecule has 0 amide bonds. The van der Waals surface area contributed by atoms with E-state index in [0.717, 1.165) is 27.5 Å². The van der Waals surface area contributed by atoms with Gasteiger partial charge >= 0.3 is 0 Å². The van der Waals surface area contributed by atoms with Gasteiger partial charge in [-0.15, -0.1) is 0 Å². The van der Waals surface area contributed by atoms with Crippen molar-refractivity contribution in [1.82, 2.24) is 40.0 Å². The van der Waals surface area contributed by atoms with Crippen LogP contribution in [0.4, 0.5) is 4.39 Å². The summed E-state index contributed by atoms with van der Waals surface area (Å²) in [6, 6.07) is 12.3. The lowest BCUT2D eigenvalue weighted by Gasteiger charge is -2.18. The second-order valence-electron chi connectivity index (χ2n) is 9.24. The normalized spacial score (nSPS) is 12.6. The third-order valence-corrected chi connectivity index (χ3v) is 6.27. The van der Waals surface area contributed by atoms with Crippen molar-refractivity contribution in [3.8, 4) is 33.9 Å². The summed E-state index contributed by atoms with van der Waals surface area (Å²) in [7, 11) is 3.87. The van der Waals surface area contributed by atoms with Gasteiger partial charge in [-0.05, 0) is 61.6 Å². The van der Waals surface area contributed by atoms with Gasteiger partial charge < -0.3 is 15.6 Å². The molecule has 0 fully saturated rings. The number of rotatable bonds is 6. The number of likely N-dealkylation sites (N-methyl/N-ethyl adjacent to an activating group) is 1. The summed E-state index contributed by atoms with van der Waals surface area (Å²) in [5, 5.41) is 8.50. The zero-order valence-corrected chi connectivity index (χ0v) is 20.3. The molecule has 0 aliphatic heterocycles. The highest BCUT2D eigenvalue weighted by Crippen LogP contribution is 2.33. The van der Waals surface area contributed by atoms with Gasteiger partial charge in [-0.1, -0.05) is 6.07 Å². The summed E-state index contributed by atoms with van der Waals surface area (Å²) in [4.78, 5) is 23.0. The van der Waals surface area contributed by atoms with Crippen LogP contribution in [-0.2, 0) is 0 Å². The maximum Gasteiger partial charge on any atom is 0.159 e. The lowest BCUT2D eigenvalue weighted by molar-refractivity contribution is 0.376. The second-order valence-corrected chi connectivity index (χ2v) is 9.24. The fourth-order valence-electron chi connectivity index (χ4n) is 4.54. The zero-order chi connectivity index (χ0) is 25.5. The van der Waals surface area contributed by atoms with Gasteiger partial charge in [-0.3, -0.25) is 10.1 Å². The van der Waals surface area contributed by atoms with Crippen LogP contribution in [0, 0.1) is 5.82 Å². The van der Waals surface area contributed by atoms with Gasteiger partial charge in [0.1, 0.15) is 23.4 Å². The summed E-state index contributed by atoms with van der Waals surface area (Å²) in [5.41, 5.74) is 13.0. The molecule has 6 aromatic rings. The Balaban J connectivity index is 1.45. The molecule has 0 radical (unpaired) electrons. The Morgan fingerprint density at radius 2 is 1.78 bits per heavy atom. The van der Waals surface area contributed by atoms with Crippen molar-refractivity contribution in [1.29, 1.82) is 0 Å². The summed E-state index contributed by atoms with van der Waals surface area (Å²) in [5.74, 6) is 0.213. The fourth-order valence-corrected chi connectivity index (χ4v) is 4.54. The van der Waals surface area contributed by atoms with Crippen LogP contribution in [0.2, 0.25) is 0 Å². The Hall–Kier alpha value is -4.54. The molecule has 10 heteroatoms. The molecule has 2 aromatic carbocycles. The van der Waals surface area contributed by atoms with Gasteiger partial charge in [0.25, 0.3) is 0 Å². The number of halogens is 1.